The van der Waals surface area contributed by atoms with Crippen LogP contribution in [0.1, 0.15) is 0 Å². The maximum atomic E-state index is 11.3. The molecular weight excluding hydrogens is 214 g/mol. The molecule has 15 heavy (non-hydrogen) atoms. The quantitative estimate of drug-likeness (QED) is 0.833. The third-order valence-electron chi connectivity index (χ3n) is 2.27. The van der Waals surface area contributed by atoms with Gasteiger partial charge in [0.1, 0.15) is 0 Å². The number of benzene rings is 1. The summed E-state index contributed by atoms with van der Waals surface area (Å²) in [5.74, 6) is 0. The van der Waals surface area contributed by atoms with Crippen LogP contribution in [-0.2, 0) is 14.6 Å². The molecule has 2 rings (SSSR count). The number of nitrogens with one attached hydrogen (secondary N) is 1. The molecule has 5 heteroatoms. The average Bonchev–Trinajstić information content (AvgIpc) is 2.11. The molecule has 0 saturated carbocycles. The Morgan fingerprint density at radius 2 is 2.13 bits per heavy atom. The van der Waals surface area contributed by atoms with E-state index in [0.29, 0.717) is 24.2 Å². The molecule has 1 heterocycles. The summed E-state index contributed by atoms with van der Waals surface area (Å²) in [5.41, 5.74) is 0.825. The van der Waals surface area contributed by atoms with E-state index in [1.165, 1.54) is 6.26 Å². The smallest absolute Gasteiger partial charge is 0.175 e. The fourth-order valence-electron chi connectivity index (χ4n) is 1.37. The normalized spacial score (nSPS) is 17.1. The van der Waals surface area contributed by atoms with E-state index in [1.54, 1.807) is 18.2 Å². The van der Waals surface area contributed by atoms with E-state index >= 15 is 0 Å². The highest BCUT2D eigenvalue weighted by atomic mass is 32.2. The van der Waals surface area contributed by atoms with Crippen molar-refractivity contribution in [1.82, 2.24) is 0 Å². The highest BCUT2D eigenvalue weighted by molar-refractivity contribution is 7.90. The molecular formula is C10H13NO3S. The van der Waals surface area contributed by atoms with Crippen molar-refractivity contribution in [2.45, 2.75) is 10.9 Å². The molecule has 1 fully saturated rings. The third kappa shape index (κ3) is 2.49. The summed E-state index contributed by atoms with van der Waals surface area (Å²) in [5, 5.41) is 3.20. The Hall–Kier alpha value is -1.07. The predicted octanol–water partition coefficient (Wildman–Crippen LogP) is 0.901. The summed E-state index contributed by atoms with van der Waals surface area (Å²) in [6.07, 6.45) is 1.21. The van der Waals surface area contributed by atoms with E-state index in [1.807, 2.05) is 6.07 Å². The molecule has 0 aromatic heterocycles. The highest BCUT2D eigenvalue weighted by Crippen LogP contribution is 2.17. The van der Waals surface area contributed by atoms with Gasteiger partial charge in [-0.25, -0.2) is 8.42 Å². The standard InChI is InChI=1S/C10H13NO3S/c1-15(12,13)10-4-2-3-8(5-10)11-9-6-14-7-9/h2-5,9,11H,6-7H2,1H3. The zero-order valence-corrected chi connectivity index (χ0v) is 9.25. The SMILES string of the molecule is CS(=O)(=O)c1cccc(NC2COC2)c1. The van der Waals surface area contributed by atoms with E-state index < -0.39 is 9.84 Å². The van der Waals surface area contributed by atoms with Crippen LogP contribution >= 0.6 is 0 Å². The largest absolute Gasteiger partial charge is 0.378 e. The van der Waals surface area contributed by atoms with Crippen molar-refractivity contribution in [3.63, 3.8) is 0 Å². The second-order valence-electron chi connectivity index (χ2n) is 3.68. The number of hydrogen-bond acceptors (Lipinski definition) is 4. The molecule has 1 saturated heterocycles. The van der Waals surface area contributed by atoms with Gasteiger partial charge in [0.2, 0.25) is 0 Å². The molecule has 82 valence electrons. The molecule has 0 aliphatic carbocycles. The molecule has 1 aromatic carbocycles. The number of anilines is 1. The summed E-state index contributed by atoms with van der Waals surface area (Å²) >= 11 is 0. The first-order valence-corrected chi connectivity index (χ1v) is 6.59. The number of hydrogen-bond donors (Lipinski definition) is 1. The van der Waals surface area contributed by atoms with Gasteiger partial charge in [0.05, 0.1) is 24.2 Å². The van der Waals surface area contributed by atoms with Crippen LogP contribution in [0.15, 0.2) is 29.2 Å². The second kappa shape index (κ2) is 3.83. The van der Waals surface area contributed by atoms with Crippen LogP contribution in [0.5, 0.6) is 0 Å². The first-order chi connectivity index (χ1) is 7.05. The Labute approximate surface area is 89.2 Å². The minimum absolute atomic E-state index is 0.305. The van der Waals surface area contributed by atoms with Crippen molar-refractivity contribution in [2.75, 3.05) is 24.8 Å². The number of rotatable bonds is 3. The molecule has 0 unspecified atom stereocenters. The first-order valence-electron chi connectivity index (χ1n) is 4.70. The molecule has 0 atom stereocenters. The third-order valence-corrected chi connectivity index (χ3v) is 3.38. The zero-order valence-electron chi connectivity index (χ0n) is 8.43. The van der Waals surface area contributed by atoms with Crippen LogP contribution in [0.2, 0.25) is 0 Å². The maximum absolute atomic E-state index is 11.3. The van der Waals surface area contributed by atoms with Crippen molar-refractivity contribution >= 4 is 15.5 Å². The monoisotopic (exact) mass is 227 g/mol. The molecule has 1 aromatic rings. The lowest BCUT2D eigenvalue weighted by molar-refractivity contribution is 0.0211. The van der Waals surface area contributed by atoms with Gasteiger partial charge in [-0.05, 0) is 18.2 Å². The molecule has 1 aliphatic rings. The Morgan fingerprint density at radius 1 is 1.40 bits per heavy atom. The van der Waals surface area contributed by atoms with Crippen LogP contribution < -0.4 is 5.32 Å². The number of ether oxygens (including phenoxy) is 1. The fraction of sp³-hybridized carbons (Fsp3) is 0.400. The lowest BCUT2D eigenvalue weighted by atomic mass is 10.2. The van der Waals surface area contributed by atoms with Gasteiger partial charge in [0, 0.05) is 11.9 Å². The van der Waals surface area contributed by atoms with Gasteiger partial charge < -0.3 is 10.1 Å². The van der Waals surface area contributed by atoms with Gasteiger partial charge in [0.15, 0.2) is 9.84 Å². The van der Waals surface area contributed by atoms with Crippen molar-refractivity contribution < 1.29 is 13.2 Å². The van der Waals surface area contributed by atoms with Crippen LogP contribution in [0.4, 0.5) is 5.69 Å². The lowest BCUT2D eigenvalue weighted by Gasteiger charge is -2.27. The lowest BCUT2D eigenvalue weighted by Crippen LogP contribution is -2.40. The minimum atomic E-state index is -3.12. The second-order valence-corrected chi connectivity index (χ2v) is 5.69. The van der Waals surface area contributed by atoms with Crippen LogP contribution in [0.25, 0.3) is 0 Å². The Balaban J connectivity index is 2.18. The first kappa shape index (κ1) is 10.4. The molecule has 0 amide bonds. The summed E-state index contributed by atoms with van der Waals surface area (Å²) in [7, 11) is -3.12. The van der Waals surface area contributed by atoms with E-state index in [9.17, 15) is 8.42 Å². The summed E-state index contributed by atoms with van der Waals surface area (Å²) < 4.78 is 27.6. The minimum Gasteiger partial charge on any atom is -0.378 e. The van der Waals surface area contributed by atoms with E-state index in [4.69, 9.17) is 4.74 Å². The van der Waals surface area contributed by atoms with E-state index in [0.717, 1.165) is 5.69 Å². The Bertz CT molecular complexity index is 451. The van der Waals surface area contributed by atoms with Crippen molar-refractivity contribution in [1.29, 1.82) is 0 Å². The molecule has 0 spiro atoms. The topological polar surface area (TPSA) is 55.4 Å². The molecule has 4 nitrogen and oxygen atoms in total. The van der Waals surface area contributed by atoms with Crippen molar-refractivity contribution in [3.8, 4) is 0 Å². The fourth-order valence-corrected chi connectivity index (χ4v) is 2.04. The van der Waals surface area contributed by atoms with Gasteiger partial charge in [-0.15, -0.1) is 0 Å². The molecule has 0 radical (unpaired) electrons. The highest BCUT2D eigenvalue weighted by Gasteiger charge is 2.18. The van der Waals surface area contributed by atoms with Gasteiger partial charge in [0.25, 0.3) is 0 Å². The summed E-state index contributed by atoms with van der Waals surface area (Å²) in [6.45, 7) is 1.37. The zero-order chi connectivity index (χ0) is 10.9. The average molecular weight is 227 g/mol. The Morgan fingerprint density at radius 3 is 2.67 bits per heavy atom. The summed E-state index contributed by atoms with van der Waals surface area (Å²) in [6, 6.07) is 7.14. The van der Waals surface area contributed by atoms with Crippen LogP contribution in [0.3, 0.4) is 0 Å². The van der Waals surface area contributed by atoms with Crippen LogP contribution in [0, 0.1) is 0 Å². The van der Waals surface area contributed by atoms with Crippen LogP contribution in [-0.4, -0.2) is 33.9 Å². The van der Waals surface area contributed by atoms with Gasteiger partial charge >= 0.3 is 0 Å². The molecule has 1 N–H and O–H groups in total. The maximum Gasteiger partial charge on any atom is 0.175 e. The molecule has 1 aliphatic heterocycles. The van der Waals surface area contributed by atoms with Crippen molar-refractivity contribution in [3.05, 3.63) is 24.3 Å². The summed E-state index contributed by atoms with van der Waals surface area (Å²) in [4.78, 5) is 0.341. The van der Waals surface area contributed by atoms with Gasteiger partial charge in [-0.2, -0.15) is 0 Å². The molecule has 0 bridgehead atoms. The van der Waals surface area contributed by atoms with Gasteiger partial charge in [-0.1, -0.05) is 6.07 Å². The van der Waals surface area contributed by atoms with Gasteiger partial charge in [-0.3, -0.25) is 0 Å². The van der Waals surface area contributed by atoms with E-state index in [2.05, 4.69) is 5.32 Å². The predicted molar refractivity (Wildman–Crippen MR) is 57.8 cm³/mol. The van der Waals surface area contributed by atoms with Crippen molar-refractivity contribution in [2.24, 2.45) is 0 Å². The van der Waals surface area contributed by atoms with E-state index in [-0.39, 0.29) is 0 Å². The Kier molecular flexibility index (Phi) is 2.67. The number of sulfone groups is 1.